The van der Waals surface area contributed by atoms with Gasteiger partial charge in [0.2, 0.25) is 5.91 Å². The maximum Gasteiger partial charge on any atom is 0.235 e. The van der Waals surface area contributed by atoms with Crippen molar-refractivity contribution in [2.24, 2.45) is 40.2 Å². The molecule has 13 nitrogen and oxygen atoms in total. The Hall–Kier alpha value is -2.81. The highest BCUT2D eigenvalue weighted by Gasteiger charge is 2.83. The lowest BCUT2D eigenvalue weighted by molar-refractivity contribution is -0.181. The van der Waals surface area contributed by atoms with Gasteiger partial charge in [-0.05, 0) is 54.4 Å². The number of aromatic hydroxyl groups is 1. The summed E-state index contributed by atoms with van der Waals surface area (Å²) >= 11 is 1.83. The number of rotatable bonds is 2. The number of nitrogens with two attached hydrogens (primary N) is 4. The zero-order valence-electron chi connectivity index (χ0n) is 19.1. The zero-order chi connectivity index (χ0) is 27.3. The van der Waals surface area contributed by atoms with Crippen molar-refractivity contribution >= 4 is 51.6 Å². The Labute approximate surface area is 217 Å². The maximum atomic E-state index is 14.2. The molecule has 0 saturated heterocycles. The lowest BCUT2D eigenvalue weighted by atomic mass is 9.41. The molecule has 190 valence electrons. The number of fused-ring (bicyclic) bond motifs is 3. The topological polar surface area (TPSA) is 257 Å². The molecule has 2 saturated carbocycles. The molecule has 0 aliphatic heterocycles. The van der Waals surface area contributed by atoms with Gasteiger partial charge in [-0.1, -0.05) is 0 Å². The fourth-order valence-corrected chi connectivity index (χ4v) is 7.04. The number of phenols is 1. The van der Waals surface area contributed by atoms with Crippen LogP contribution in [0, 0.1) is 32.2 Å². The van der Waals surface area contributed by atoms with Gasteiger partial charge in [0.25, 0.3) is 0 Å². The van der Waals surface area contributed by atoms with Gasteiger partial charge in [0, 0.05) is 3.57 Å². The minimum Gasteiger partial charge on any atom is -0.507 e. The van der Waals surface area contributed by atoms with Crippen LogP contribution in [0.5, 0.6) is 5.75 Å². The molecule has 0 heterocycles. The highest BCUT2D eigenvalue weighted by molar-refractivity contribution is 14.1. The Balaban J connectivity index is 2.14. The number of likely N-dealkylation sites (N-methyl/N-ethyl adjacent to an activating group) is 1. The third-order valence-electron chi connectivity index (χ3n) is 7.84. The van der Waals surface area contributed by atoms with Crippen LogP contribution < -0.4 is 22.9 Å². The summed E-state index contributed by atoms with van der Waals surface area (Å²) < 4.78 is 0.376. The molecule has 0 radical (unpaired) electrons. The lowest BCUT2D eigenvalue weighted by Crippen LogP contribution is -2.92. The molecule has 8 atom stereocenters. The largest absolute Gasteiger partial charge is 0.507 e. The van der Waals surface area contributed by atoms with Gasteiger partial charge in [-0.25, -0.2) is 0 Å². The lowest BCUT2D eigenvalue weighted by Gasteiger charge is -2.64. The van der Waals surface area contributed by atoms with Crippen LogP contribution in [-0.4, -0.2) is 81.5 Å². The first kappa shape index (κ1) is 26.3. The highest BCUT2D eigenvalue weighted by Crippen LogP contribution is 2.58. The standard InChI is InChI=1S/C22H23IN6O7/c1-29(2)15-13(32)10(18(26)35)16(33)20(5-24)17(34)11-12(31)9-7(30)4-3-6(23)8(9)14(25)21(11,27)19(36)22(15,20)28/h3-4,10-11,14-15,19,30,36H,25,27-28H2,1-2H3,(H2,26,35)/t10?,11?,14-,15+,19-,20-,21+,22-/m0/s1. The molecule has 2 fully saturated rings. The minimum atomic E-state index is -3.08. The number of halogens is 1. The van der Waals surface area contributed by atoms with Crippen LogP contribution in [0.3, 0.4) is 0 Å². The van der Waals surface area contributed by atoms with E-state index in [2.05, 4.69) is 0 Å². The zero-order valence-corrected chi connectivity index (χ0v) is 21.2. The van der Waals surface area contributed by atoms with Crippen LogP contribution in [0.15, 0.2) is 12.1 Å². The van der Waals surface area contributed by atoms with E-state index in [4.69, 9.17) is 22.9 Å². The molecule has 0 bridgehead atoms. The Bertz CT molecular complexity index is 1330. The highest BCUT2D eigenvalue weighted by atomic mass is 127. The molecule has 1 amide bonds. The van der Waals surface area contributed by atoms with Gasteiger partial charge >= 0.3 is 0 Å². The Morgan fingerprint density at radius 3 is 2.25 bits per heavy atom. The van der Waals surface area contributed by atoms with Crippen LogP contribution in [0.25, 0.3) is 0 Å². The quantitative estimate of drug-likeness (QED) is 0.143. The number of carbonyl (C=O) groups excluding carboxylic acids is 5. The Kier molecular flexibility index (Phi) is 5.72. The number of benzene rings is 1. The van der Waals surface area contributed by atoms with Crippen LogP contribution in [0.2, 0.25) is 0 Å². The second-order valence-corrected chi connectivity index (χ2v) is 10.8. The summed E-state index contributed by atoms with van der Waals surface area (Å²) in [5.74, 6) is -11.5. The Morgan fingerprint density at radius 2 is 1.75 bits per heavy atom. The second kappa shape index (κ2) is 7.84. The smallest absolute Gasteiger partial charge is 0.235 e. The first-order chi connectivity index (χ1) is 16.6. The third-order valence-corrected chi connectivity index (χ3v) is 8.78. The molecule has 14 heteroatoms. The molecule has 3 aliphatic carbocycles. The summed E-state index contributed by atoms with van der Waals surface area (Å²) in [5, 5.41) is 32.5. The van der Waals surface area contributed by atoms with Gasteiger partial charge in [-0.2, -0.15) is 5.26 Å². The van der Waals surface area contributed by atoms with Gasteiger partial charge in [0.15, 0.2) is 34.5 Å². The van der Waals surface area contributed by atoms with Crippen LogP contribution in [0.1, 0.15) is 22.0 Å². The van der Waals surface area contributed by atoms with Gasteiger partial charge < -0.3 is 33.1 Å². The number of phenolic OH excluding ortho intramolecular Hbond substituents is 1. The predicted octanol–water partition coefficient (Wildman–Crippen LogP) is -3.16. The number of hydrogen-bond donors (Lipinski definition) is 6. The van der Waals surface area contributed by atoms with Crippen molar-refractivity contribution in [1.82, 2.24) is 4.90 Å². The summed E-state index contributed by atoms with van der Waals surface area (Å²) in [4.78, 5) is 68.1. The second-order valence-electron chi connectivity index (χ2n) is 9.66. The predicted molar refractivity (Wildman–Crippen MR) is 129 cm³/mol. The van der Waals surface area contributed by atoms with Crippen molar-refractivity contribution in [3.8, 4) is 11.8 Å². The van der Waals surface area contributed by atoms with Crippen molar-refractivity contribution in [2.45, 2.75) is 29.3 Å². The number of Topliss-reactive ketones (excluding diaryl/α,β-unsaturated/α-hetero) is 4. The van der Waals surface area contributed by atoms with Crippen molar-refractivity contribution in [3.05, 3.63) is 26.8 Å². The Morgan fingerprint density at radius 1 is 1.17 bits per heavy atom. The van der Waals surface area contributed by atoms with Gasteiger partial charge in [0.1, 0.15) is 11.7 Å². The van der Waals surface area contributed by atoms with Gasteiger partial charge in [-0.15, -0.1) is 0 Å². The van der Waals surface area contributed by atoms with Gasteiger partial charge in [-0.3, -0.25) is 28.9 Å². The van der Waals surface area contributed by atoms with Crippen molar-refractivity contribution in [1.29, 1.82) is 5.26 Å². The fourth-order valence-electron chi connectivity index (χ4n) is 6.26. The van der Waals surface area contributed by atoms with Crippen molar-refractivity contribution < 1.29 is 34.2 Å². The van der Waals surface area contributed by atoms with E-state index >= 15 is 0 Å². The number of nitrogens with zero attached hydrogens (tertiary/aromatic N) is 2. The fraction of sp³-hybridized carbons (Fsp3) is 0.455. The molecule has 4 rings (SSSR count). The summed E-state index contributed by atoms with van der Waals surface area (Å²) in [6.07, 6.45) is -2.27. The number of aliphatic hydroxyl groups is 1. The number of hydrogen-bond acceptors (Lipinski definition) is 12. The van der Waals surface area contributed by atoms with E-state index in [-0.39, 0.29) is 11.1 Å². The first-order valence-corrected chi connectivity index (χ1v) is 11.7. The minimum absolute atomic E-state index is 0.0316. The van der Waals surface area contributed by atoms with E-state index in [0.29, 0.717) is 3.57 Å². The van der Waals surface area contributed by atoms with E-state index in [1.807, 2.05) is 22.6 Å². The molecule has 0 aromatic heterocycles. The average molecular weight is 610 g/mol. The molecule has 2 unspecified atom stereocenters. The van der Waals surface area contributed by atoms with E-state index in [1.54, 1.807) is 0 Å². The van der Waals surface area contributed by atoms with E-state index < -0.39 is 81.3 Å². The summed E-state index contributed by atoms with van der Waals surface area (Å²) in [6, 6.07) is 0.881. The van der Waals surface area contributed by atoms with Crippen LogP contribution in [0.4, 0.5) is 0 Å². The SMILES string of the molecule is CN(C)[C@@H]1C(=O)C(C(N)=O)C(=O)[C@@]2(C#N)C(=O)C3C(=O)c4c(O)ccc(I)c4[C@H](N)[C@@]3(N)[C@H](O)[C@@]12N. The number of amides is 1. The molecular weight excluding hydrogens is 587 g/mol. The normalized spacial score (nSPS) is 39.8. The molecule has 36 heavy (non-hydrogen) atoms. The van der Waals surface area contributed by atoms with E-state index in [0.717, 1.165) is 4.90 Å². The first-order valence-electron chi connectivity index (χ1n) is 10.6. The monoisotopic (exact) mass is 610 g/mol. The van der Waals surface area contributed by atoms with E-state index in [1.165, 1.54) is 32.3 Å². The summed E-state index contributed by atoms with van der Waals surface area (Å²) in [7, 11) is 2.64. The van der Waals surface area contributed by atoms with Crippen molar-refractivity contribution in [2.75, 3.05) is 14.1 Å². The number of carbonyl (C=O) groups is 5. The molecule has 1 aromatic rings. The summed E-state index contributed by atoms with van der Waals surface area (Å²) in [6.45, 7) is 0. The molecule has 10 N–H and O–H groups in total. The molecule has 1 aromatic carbocycles. The maximum absolute atomic E-state index is 14.2. The number of nitriles is 1. The van der Waals surface area contributed by atoms with Crippen LogP contribution >= 0.6 is 22.6 Å². The van der Waals surface area contributed by atoms with Crippen LogP contribution in [-0.2, 0) is 19.2 Å². The number of primary amides is 1. The number of ketones is 4. The average Bonchev–Trinajstić information content (AvgIpc) is 2.77. The molecule has 0 spiro atoms. The van der Waals surface area contributed by atoms with Gasteiger partial charge in [0.05, 0.1) is 40.9 Å². The molecular formula is C22H23IN6O7. The van der Waals surface area contributed by atoms with E-state index in [9.17, 15) is 39.4 Å². The number of aliphatic hydroxyl groups excluding tert-OH is 1. The molecule has 3 aliphatic rings. The third kappa shape index (κ3) is 2.62. The van der Waals surface area contributed by atoms with Crippen molar-refractivity contribution in [3.63, 3.8) is 0 Å². The summed E-state index contributed by atoms with van der Waals surface area (Å²) in [5.41, 5.74) is 16.4.